The van der Waals surface area contributed by atoms with Crippen LogP contribution < -0.4 is 15.0 Å². The highest BCUT2D eigenvalue weighted by atomic mass is 127. The molecule has 28 heavy (non-hydrogen) atoms. The van der Waals surface area contributed by atoms with Crippen molar-refractivity contribution >= 4 is 35.9 Å². The lowest BCUT2D eigenvalue weighted by molar-refractivity contribution is 0.369. The molecule has 0 aliphatic carbocycles. The molecule has 0 radical (unpaired) electrons. The van der Waals surface area contributed by atoms with Crippen LogP contribution in [0.15, 0.2) is 41.7 Å². The zero-order valence-electron chi connectivity index (χ0n) is 16.2. The minimum atomic E-state index is 0. The SMILES string of the molecule is CCNC(=NCc1ccc(OC)c(O)c1)N1CCN(c2ncccn2)CC1.I. The molecule has 1 fully saturated rings. The van der Waals surface area contributed by atoms with E-state index in [0.29, 0.717) is 12.3 Å². The van der Waals surface area contributed by atoms with E-state index in [2.05, 4.69) is 32.0 Å². The van der Waals surface area contributed by atoms with Gasteiger partial charge in [0.1, 0.15) is 0 Å². The first-order valence-corrected chi connectivity index (χ1v) is 9.12. The van der Waals surface area contributed by atoms with Gasteiger partial charge in [-0.3, -0.25) is 0 Å². The normalized spacial score (nSPS) is 14.4. The van der Waals surface area contributed by atoms with Crippen molar-refractivity contribution in [3.63, 3.8) is 0 Å². The minimum Gasteiger partial charge on any atom is -0.504 e. The molecule has 0 amide bonds. The molecular formula is C19H27IN6O2. The van der Waals surface area contributed by atoms with Crippen molar-refractivity contribution in [3.8, 4) is 11.5 Å². The Bertz CT molecular complexity index is 766. The van der Waals surface area contributed by atoms with Crippen LogP contribution in [0.3, 0.4) is 0 Å². The molecule has 1 aromatic heterocycles. The predicted octanol–water partition coefficient (Wildman–Crippen LogP) is 2.10. The summed E-state index contributed by atoms with van der Waals surface area (Å²) < 4.78 is 5.08. The summed E-state index contributed by atoms with van der Waals surface area (Å²) in [6, 6.07) is 7.19. The topological polar surface area (TPSA) is 86.1 Å². The molecule has 2 aromatic rings. The molecule has 8 nitrogen and oxygen atoms in total. The summed E-state index contributed by atoms with van der Waals surface area (Å²) in [4.78, 5) is 17.8. The summed E-state index contributed by atoms with van der Waals surface area (Å²) in [7, 11) is 1.54. The predicted molar refractivity (Wildman–Crippen MR) is 121 cm³/mol. The number of methoxy groups -OCH3 is 1. The van der Waals surface area contributed by atoms with Gasteiger partial charge in [0.25, 0.3) is 0 Å². The summed E-state index contributed by atoms with van der Waals surface area (Å²) >= 11 is 0. The van der Waals surface area contributed by atoms with Gasteiger partial charge in [-0.1, -0.05) is 6.07 Å². The van der Waals surface area contributed by atoms with E-state index in [1.54, 1.807) is 24.5 Å². The lowest BCUT2D eigenvalue weighted by Crippen LogP contribution is -2.52. The fourth-order valence-corrected chi connectivity index (χ4v) is 3.00. The molecular weight excluding hydrogens is 471 g/mol. The van der Waals surface area contributed by atoms with Gasteiger partial charge in [0.05, 0.1) is 13.7 Å². The highest BCUT2D eigenvalue weighted by Crippen LogP contribution is 2.26. The summed E-state index contributed by atoms with van der Waals surface area (Å²) in [6.45, 7) is 6.73. The van der Waals surface area contributed by atoms with Crippen LogP contribution in [0.25, 0.3) is 0 Å². The fourth-order valence-electron chi connectivity index (χ4n) is 3.00. The molecule has 1 saturated heterocycles. The number of phenolic OH excluding ortho intramolecular Hbond substituents is 1. The summed E-state index contributed by atoms with van der Waals surface area (Å²) in [5.74, 6) is 2.25. The van der Waals surface area contributed by atoms with Gasteiger partial charge in [0.2, 0.25) is 5.95 Å². The highest BCUT2D eigenvalue weighted by Gasteiger charge is 2.21. The molecule has 2 N–H and O–H groups in total. The van der Waals surface area contributed by atoms with Crippen LogP contribution in [0.4, 0.5) is 5.95 Å². The molecule has 1 aliphatic rings. The second-order valence-electron chi connectivity index (χ2n) is 6.20. The second-order valence-corrected chi connectivity index (χ2v) is 6.20. The van der Waals surface area contributed by atoms with Crippen LogP contribution in [0.1, 0.15) is 12.5 Å². The Balaban J connectivity index is 0.00000280. The van der Waals surface area contributed by atoms with E-state index in [4.69, 9.17) is 9.73 Å². The van der Waals surface area contributed by atoms with Gasteiger partial charge < -0.3 is 25.0 Å². The smallest absolute Gasteiger partial charge is 0.225 e. The molecule has 0 unspecified atom stereocenters. The Kier molecular flexibility index (Phi) is 8.55. The molecule has 1 aromatic carbocycles. The second kappa shape index (κ2) is 10.9. The quantitative estimate of drug-likeness (QED) is 0.371. The molecule has 3 rings (SSSR count). The van der Waals surface area contributed by atoms with Crippen molar-refractivity contribution in [2.24, 2.45) is 4.99 Å². The largest absolute Gasteiger partial charge is 0.504 e. The van der Waals surface area contributed by atoms with E-state index in [9.17, 15) is 5.11 Å². The monoisotopic (exact) mass is 498 g/mol. The van der Waals surface area contributed by atoms with Crippen LogP contribution in [0, 0.1) is 0 Å². The number of halogens is 1. The van der Waals surface area contributed by atoms with E-state index in [1.807, 2.05) is 12.1 Å². The average molecular weight is 498 g/mol. The van der Waals surface area contributed by atoms with Gasteiger partial charge in [0.15, 0.2) is 17.5 Å². The summed E-state index contributed by atoms with van der Waals surface area (Å²) in [5, 5.41) is 13.3. The molecule has 1 aliphatic heterocycles. The lowest BCUT2D eigenvalue weighted by Gasteiger charge is -2.36. The maximum Gasteiger partial charge on any atom is 0.225 e. The first kappa shape index (κ1) is 22.0. The Hall–Kier alpha value is -2.30. The van der Waals surface area contributed by atoms with Gasteiger partial charge in [0, 0.05) is 45.1 Å². The van der Waals surface area contributed by atoms with Crippen LogP contribution in [-0.2, 0) is 6.54 Å². The molecule has 0 spiro atoms. The Morgan fingerprint density at radius 1 is 1.21 bits per heavy atom. The third-order valence-electron chi connectivity index (χ3n) is 4.40. The minimum absolute atomic E-state index is 0. The van der Waals surface area contributed by atoms with Crippen LogP contribution in [-0.4, -0.2) is 65.8 Å². The van der Waals surface area contributed by atoms with E-state index in [-0.39, 0.29) is 29.7 Å². The zero-order chi connectivity index (χ0) is 19.1. The van der Waals surface area contributed by atoms with Crippen molar-refractivity contribution in [1.82, 2.24) is 20.2 Å². The summed E-state index contributed by atoms with van der Waals surface area (Å²) in [6.07, 6.45) is 3.54. The van der Waals surface area contributed by atoms with Crippen LogP contribution in [0.5, 0.6) is 11.5 Å². The van der Waals surface area contributed by atoms with Crippen LogP contribution in [0.2, 0.25) is 0 Å². The Morgan fingerprint density at radius 3 is 2.54 bits per heavy atom. The lowest BCUT2D eigenvalue weighted by atomic mass is 10.2. The molecule has 9 heteroatoms. The number of hydrogen-bond donors (Lipinski definition) is 2. The van der Waals surface area contributed by atoms with Gasteiger partial charge >= 0.3 is 0 Å². The first-order valence-electron chi connectivity index (χ1n) is 9.12. The Labute approximate surface area is 182 Å². The van der Waals surface area contributed by atoms with E-state index in [0.717, 1.165) is 50.2 Å². The van der Waals surface area contributed by atoms with Gasteiger partial charge in [-0.05, 0) is 30.7 Å². The third-order valence-corrected chi connectivity index (χ3v) is 4.40. The first-order chi connectivity index (χ1) is 13.2. The van der Waals surface area contributed by atoms with Crippen LogP contribution >= 0.6 is 24.0 Å². The summed E-state index contributed by atoms with van der Waals surface area (Å²) in [5.41, 5.74) is 0.931. The van der Waals surface area contributed by atoms with E-state index < -0.39 is 0 Å². The van der Waals surface area contributed by atoms with E-state index in [1.165, 1.54) is 7.11 Å². The number of piperazine rings is 1. The third kappa shape index (κ3) is 5.60. The fraction of sp³-hybridized carbons (Fsp3) is 0.421. The number of aromatic hydroxyl groups is 1. The van der Waals surface area contributed by atoms with Crippen molar-refractivity contribution in [2.45, 2.75) is 13.5 Å². The molecule has 0 atom stereocenters. The Morgan fingerprint density at radius 2 is 1.93 bits per heavy atom. The number of phenols is 1. The van der Waals surface area contributed by atoms with E-state index >= 15 is 0 Å². The molecule has 0 bridgehead atoms. The number of nitrogens with zero attached hydrogens (tertiary/aromatic N) is 5. The van der Waals surface area contributed by atoms with Gasteiger partial charge in [-0.15, -0.1) is 24.0 Å². The van der Waals surface area contributed by atoms with Crippen molar-refractivity contribution in [2.75, 3.05) is 44.7 Å². The van der Waals surface area contributed by atoms with Crippen molar-refractivity contribution < 1.29 is 9.84 Å². The highest BCUT2D eigenvalue weighted by molar-refractivity contribution is 14.0. The number of guanidine groups is 1. The van der Waals surface area contributed by atoms with Crippen molar-refractivity contribution in [3.05, 3.63) is 42.2 Å². The average Bonchev–Trinajstić information content (AvgIpc) is 2.72. The molecule has 2 heterocycles. The maximum absolute atomic E-state index is 9.93. The van der Waals surface area contributed by atoms with Crippen molar-refractivity contribution in [1.29, 1.82) is 0 Å². The van der Waals surface area contributed by atoms with Gasteiger partial charge in [-0.2, -0.15) is 0 Å². The maximum atomic E-state index is 9.93. The number of ether oxygens (including phenoxy) is 1. The number of aliphatic imine (C=N–C) groups is 1. The molecule has 0 saturated carbocycles. The van der Waals surface area contributed by atoms with Gasteiger partial charge in [-0.25, -0.2) is 15.0 Å². The zero-order valence-corrected chi connectivity index (χ0v) is 18.5. The standard InChI is InChI=1S/C19H26N6O2.HI/c1-3-20-18(23-14-15-5-6-17(27-2)16(26)13-15)24-9-11-25(12-10-24)19-21-7-4-8-22-19;/h4-8,13,26H,3,9-12,14H2,1-2H3,(H,20,23);1H. The number of benzene rings is 1. The molecule has 152 valence electrons. The number of aromatic nitrogens is 2. The number of nitrogens with one attached hydrogen (secondary N) is 1. The number of hydrogen-bond acceptors (Lipinski definition) is 6. The number of rotatable bonds is 5. The number of anilines is 1.